The van der Waals surface area contributed by atoms with Gasteiger partial charge in [-0.1, -0.05) is 0 Å². The first-order valence-corrected chi connectivity index (χ1v) is 5.71. The van der Waals surface area contributed by atoms with Crippen molar-refractivity contribution in [1.82, 2.24) is 10.6 Å². The van der Waals surface area contributed by atoms with Gasteiger partial charge in [0.05, 0.1) is 5.54 Å². The van der Waals surface area contributed by atoms with Gasteiger partial charge in [-0.05, 0) is 39.2 Å². The summed E-state index contributed by atoms with van der Waals surface area (Å²) >= 11 is 0. The van der Waals surface area contributed by atoms with Crippen molar-refractivity contribution in [3.63, 3.8) is 0 Å². The molecule has 0 bridgehead atoms. The number of carbonyl (C=O) groups excluding carboxylic acids is 1. The van der Waals surface area contributed by atoms with Crippen LogP contribution in [0.3, 0.4) is 0 Å². The summed E-state index contributed by atoms with van der Waals surface area (Å²) in [5.74, 6) is 0.123. The Morgan fingerprint density at radius 1 is 1.53 bits per heavy atom. The van der Waals surface area contributed by atoms with Crippen LogP contribution in [-0.2, 0) is 9.53 Å². The molecule has 0 aromatic carbocycles. The number of methoxy groups -OCH3 is 1. The minimum absolute atomic E-state index is 0.123. The predicted molar refractivity (Wildman–Crippen MR) is 59.8 cm³/mol. The molecule has 0 aromatic heterocycles. The van der Waals surface area contributed by atoms with Gasteiger partial charge in [0.15, 0.2) is 0 Å². The number of amides is 1. The molecule has 1 aliphatic rings. The lowest BCUT2D eigenvalue weighted by Crippen LogP contribution is -2.57. The van der Waals surface area contributed by atoms with Gasteiger partial charge >= 0.3 is 0 Å². The number of hydrogen-bond acceptors (Lipinski definition) is 3. The predicted octanol–water partition coefficient (Wildman–Crippen LogP) is 0.671. The van der Waals surface area contributed by atoms with Crippen LogP contribution >= 0.6 is 0 Å². The van der Waals surface area contributed by atoms with Crippen molar-refractivity contribution in [2.45, 2.75) is 38.1 Å². The largest absolute Gasteiger partial charge is 0.385 e. The van der Waals surface area contributed by atoms with Crippen molar-refractivity contribution in [2.24, 2.45) is 0 Å². The fourth-order valence-electron chi connectivity index (χ4n) is 1.86. The first-order chi connectivity index (χ1) is 7.19. The van der Waals surface area contributed by atoms with E-state index in [-0.39, 0.29) is 11.4 Å². The zero-order valence-corrected chi connectivity index (χ0v) is 9.77. The van der Waals surface area contributed by atoms with Crippen molar-refractivity contribution >= 4 is 5.91 Å². The molecule has 1 amide bonds. The summed E-state index contributed by atoms with van der Waals surface area (Å²) in [6, 6.07) is 0. The molecule has 1 aliphatic heterocycles. The van der Waals surface area contributed by atoms with Crippen LogP contribution in [0.1, 0.15) is 32.6 Å². The van der Waals surface area contributed by atoms with Crippen LogP contribution in [0, 0.1) is 0 Å². The highest BCUT2D eigenvalue weighted by molar-refractivity contribution is 5.85. The van der Waals surface area contributed by atoms with Crippen LogP contribution in [0.4, 0.5) is 0 Å². The first kappa shape index (κ1) is 12.5. The molecule has 4 heteroatoms. The van der Waals surface area contributed by atoms with Gasteiger partial charge in [0, 0.05) is 20.3 Å². The van der Waals surface area contributed by atoms with Gasteiger partial charge in [-0.3, -0.25) is 4.79 Å². The molecule has 0 aliphatic carbocycles. The van der Waals surface area contributed by atoms with Crippen molar-refractivity contribution in [1.29, 1.82) is 0 Å². The van der Waals surface area contributed by atoms with E-state index in [0.717, 1.165) is 25.8 Å². The van der Waals surface area contributed by atoms with Crippen LogP contribution in [0.5, 0.6) is 0 Å². The molecule has 0 spiro atoms. The summed E-state index contributed by atoms with van der Waals surface area (Å²) in [6.07, 6.45) is 4.11. The fourth-order valence-corrected chi connectivity index (χ4v) is 1.86. The second kappa shape index (κ2) is 6.08. The number of piperidine rings is 1. The fraction of sp³-hybridized carbons (Fsp3) is 0.909. The molecule has 0 saturated carbocycles. The molecule has 1 fully saturated rings. The molecule has 1 atom stereocenters. The topological polar surface area (TPSA) is 50.4 Å². The van der Waals surface area contributed by atoms with Gasteiger partial charge in [-0.15, -0.1) is 0 Å². The van der Waals surface area contributed by atoms with E-state index in [1.54, 1.807) is 7.11 Å². The molecule has 4 nitrogen and oxygen atoms in total. The highest BCUT2D eigenvalue weighted by atomic mass is 16.5. The average molecular weight is 214 g/mol. The van der Waals surface area contributed by atoms with E-state index < -0.39 is 0 Å². The maximum Gasteiger partial charge on any atom is 0.240 e. The number of nitrogens with one attached hydrogen (secondary N) is 2. The van der Waals surface area contributed by atoms with Gasteiger partial charge in [0.1, 0.15) is 0 Å². The van der Waals surface area contributed by atoms with Gasteiger partial charge in [-0.2, -0.15) is 0 Å². The molecular formula is C11H22N2O2. The third kappa shape index (κ3) is 3.80. The number of rotatable bonds is 5. The van der Waals surface area contributed by atoms with Crippen LogP contribution < -0.4 is 10.6 Å². The van der Waals surface area contributed by atoms with E-state index in [9.17, 15) is 4.79 Å². The average Bonchev–Trinajstić information content (AvgIpc) is 2.25. The van der Waals surface area contributed by atoms with Crippen molar-refractivity contribution < 1.29 is 9.53 Å². The Kier molecular flexibility index (Phi) is 5.05. The molecular weight excluding hydrogens is 192 g/mol. The zero-order valence-electron chi connectivity index (χ0n) is 9.77. The van der Waals surface area contributed by atoms with E-state index in [1.807, 2.05) is 6.92 Å². The lowest BCUT2D eigenvalue weighted by molar-refractivity contribution is -0.127. The van der Waals surface area contributed by atoms with Gasteiger partial charge in [-0.25, -0.2) is 0 Å². The Morgan fingerprint density at radius 3 is 2.93 bits per heavy atom. The van der Waals surface area contributed by atoms with E-state index in [1.165, 1.54) is 6.42 Å². The maximum atomic E-state index is 11.9. The van der Waals surface area contributed by atoms with Crippen molar-refractivity contribution in [3.8, 4) is 0 Å². The Morgan fingerprint density at radius 2 is 2.33 bits per heavy atom. The van der Waals surface area contributed by atoms with Crippen LogP contribution in [-0.4, -0.2) is 38.3 Å². The normalized spacial score (nSPS) is 26.3. The van der Waals surface area contributed by atoms with E-state index in [2.05, 4.69) is 10.6 Å². The molecule has 1 unspecified atom stereocenters. The highest BCUT2D eigenvalue weighted by Gasteiger charge is 2.33. The lowest BCUT2D eigenvalue weighted by atomic mass is 9.90. The van der Waals surface area contributed by atoms with E-state index in [0.29, 0.717) is 13.2 Å². The van der Waals surface area contributed by atoms with E-state index >= 15 is 0 Å². The molecule has 1 saturated heterocycles. The summed E-state index contributed by atoms with van der Waals surface area (Å²) < 4.78 is 4.93. The summed E-state index contributed by atoms with van der Waals surface area (Å²) in [5.41, 5.74) is -0.356. The number of ether oxygens (including phenoxy) is 1. The summed E-state index contributed by atoms with van der Waals surface area (Å²) in [4.78, 5) is 11.9. The molecule has 1 heterocycles. The summed E-state index contributed by atoms with van der Waals surface area (Å²) in [7, 11) is 1.67. The van der Waals surface area contributed by atoms with Crippen LogP contribution in [0.25, 0.3) is 0 Å². The van der Waals surface area contributed by atoms with Gasteiger partial charge in [0.25, 0.3) is 0 Å². The molecule has 0 radical (unpaired) electrons. The Hall–Kier alpha value is -0.610. The second-order valence-electron chi connectivity index (χ2n) is 4.32. The Labute approximate surface area is 91.8 Å². The minimum atomic E-state index is -0.356. The summed E-state index contributed by atoms with van der Waals surface area (Å²) in [5, 5.41) is 6.24. The van der Waals surface area contributed by atoms with E-state index in [4.69, 9.17) is 4.74 Å². The molecule has 0 aromatic rings. The first-order valence-electron chi connectivity index (χ1n) is 5.71. The molecule has 1 rings (SSSR count). The number of hydrogen-bond donors (Lipinski definition) is 2. The van der Waals surface area contributed by atoms with Crippen molar-refractivity contribution in [3.05, 3.63) is 0 Å². The minimum Gasteiger partial charge on any atom is -0.385 e. The Balaban J connectivity index is 2.25. The monoisotopic (exact) mass is 214 g/mol. The third-order valence-corrected chi connectivity index (χ3v) is 2.93. The van der Waals surface area contributed by atoms with Gasteiger partial charge < -0.3 is 15.4 Å². The summed E-state index contributed by atoms with van der Waals surface area (Å²) in [6.45, 7) is 4.33. The molecule has 15 heavy (non-hydrogen) atoms. The lowest BCUT2D eigenvalue weighted by Gasteiger charge is -2.33. The maximum absolute atomic E-state index is 11.9. The third-order valence-electron chi connectivity index (χ3n) is 2.93. The second-order valence-corrected chi connectivity index (χ2v) is 4.32. The number of carbonyl (C=O) groups is 1. The van der Waals surface area contributed by atoms with Crippen LogP contribution in [0.15, 0.2) is 0 Å². The zero-order chi connectivity index (χ0) is 11.1. The van der Waals surface area contributed by atoms with Gasteiger partial charge in [0.2, 0.25) is 5.91 Å². The van der Waals surface area contributed by atoms with Crippen molar-refractivity contribution in [2.75, 3.05) is 26.8 Å². The molecule has 2 N–H and O–H groups in total. The smallest absolute Gasteiger partial charge is 0.240 e. The molecule has 88 valence electrons. The SMILES string of the molecule is COCCCNC(=O)C1(C)CCCCN1. The Bertz CT molecular complexity index is 201. The van der Waals surface area contributed by atoms with Crippen LogP contribution in [0.2, 0.25) is 0 Å². The quantitative estimate of drug-likeness (QED) is 0.661. The highest BCUT2D eigenvalue weighted by Crippen LogP contribution is 2.18. The standard InChI is InChI=1S/C11H22N2O2/c1-11(6-3-4-8-13-11)10(14)12-7-5-9-15-2/h13H,3-9H2,1-2H3,(H,12,14).